The van der Waals surface area contributed by atoms with Gasteiger partial charge in [0.2, 0.25) is 5.91 Å². The van der Waals surface area contributed by atoms with E-state index in [0.29, 0.717) is 12.2 Å². The summed E-state index contributed by atoms with van der Waals surface area (Å²) < 4.78 is 1.21. The molecule has 0 aromatic carbocycles. The lowest BCUT2D eigenvalue weighted by atomic mass is 10.1. The smallest absolute Gasteiger partial charge is 0.325 e. The zero-order valence-corrected chi connectivity index (χ0v) is 9.80. The molecule has 8 heteroatoms. The highest BCUT2D eigenvalue weighted by atomic mass is 16.4. The topological polar surface area (TPSA) is 123 Å². The van der Waals surface area contributed by atoms with Crippen molar-refractivity contribution in [2.45, 2.75) is 25.9 Å². The summed E-state index contributed by atoms with van der Waals surface area (Å²) in [4.78, 5) is 22.2. The fourth-order valence-electron chi connectivity index (χ4n) is 1.67. The molecule has 8 nitrogen and oxygen atoms in total. The number of carbonyl (C=O) groups excluding carboxylic acids is 1. The van der Waals surface area contributed by atoms with Crippen LogP contribution in [0.2, 0.25) is 0 Å². The van der Waals surface area contributed by atoms with Gasteiger partial charge in [-0.15, -0.1) is 5.10 Å². The van der Waals surface area contributed by atoms with Gasteiger partial charge in [-0.1, -0.05) is 5.21 Å². The molecule has 0 radical (unpaired) electrons. The maximum absolute atomic E-state index is 11.8. The van der Waals surface area contributed by atoms with Crippen molar-refractivity contribution in [1.82, 2.24) is 20.3 Å². The first-order chi connectivity index (χ1) is 8.55. The molecule has 18 heavy (non-hydrogen) atoms. The van der Waals surface area contributed by atoms with Crippen LogP contribution in [0, 0.1) is 5.41 Å². The third kappa shape index (κ3) is 2.65. The molecule has 98 valence electrons. The average Bonchev–Trinajstić information content (AvgIpc) is 3.02. The van der Waals surface area contributed by atoms with E-state index >= 15 is 0 Å². The summed E-state index contributed by atoms with van der Waals surface area (Å²) in [6, 6.07) is 0. The predicted octanol–water partition coefficient (Wildman–Crippen LogP) is -1.28. The summed E-state index contributed by atoms with van der Waals surface area (Å²) in [6.45, 7) is 0.346. The summed E-state index contributed by atoms with van der Waals surface area (Å²) >= 11 is 0. The largest absolute Gasteiger partial charge is 0.480 e. The maximum Gasteiger partial charge on any atom is 0.325 e. The van der Waals surface area contributed by atoms with Gasteiger partial charge in [0.1, 0.15) is 12.2 Å². The van der Waals surface area contributed by atoms with Crippen molar-refractivity contribution in [3.63, 3.8) is 0 Å². The van der Waals surface area contributed by atoms with Crippen molar-refractivity contribution in [3.05, 3.63) is 11.9 Å². The number of nitrogens with zero attached hydrogens (tertiary/aromatic N) is 3. The van der Waals surface area contributed by atoms with Gasteiger partial charge in [-0.3, -0.25) is 9.59 Å². The molecule has 1 aromatic heterocycles. The normalized spacial score (nSPS) is 16.3. The van der Waals surface area contributed by atoms with Crippen LogP contribution in [0.5, 0.6) is 0 Å². The lowest BCUT2D eigenvalue weighted by Crippen LogP contribution is -2.36. The molecule has 1 aliphatic rings. The van der Waals surface area contributed by atoms with E-state index in [9.17, 15) is 9.59 Å². The van der Waals surface area contributed by atoms with Crippen molar-refractivity contribution >= 4 is 11.9 Å². The van der Waals surface area contributed by atoms with E-state index in [-0.39, 0.29) is 19.0 Å². The summed E-state index contributed by atoms with van der Waals surface area (Å²) in [5.41, 5.74) is 5.67. The first-order valence-corrected chi connectivity index (χ1v) is 5.65. The van der Waals surface area contributed by atoms with Gasteiger partial charge < -0.3 is 16.2 Å². The molecule has 1 saturated carbocycles. The number of nitrogens with one attached hydrogen (secondary N) is 1. The first kappa shape index (κ1) is 12.5. The molecule has 0 atom stereocenters. The Morgan fingerprint density at radius 2 is 2.28 bits per heavy atom. The third-order valence-electron chi connectivity index (χ3n) is 3.04. The van der Waals surface area contributed by atoms with Crippen LogP contribution in [0.3, 0.4) is 0 Å². The molecule has 1 aliphatic carbocycles. The molecule has 1 aromatic rings. The number of carboxylic acids is 1. The Morgan fingerprint density at radius 1 is 1.56 bits per heavy atom. The van der Waals surface area contributed by atoms with E-state index in [2.05, 4.69) is 15.6 Å². The molecule has 1 heterocycles. The molecule has 0 saturated heterocycles. The van der Waals surface area contributed by atoms with Gasteiger partial charge in [-0.2, -0.15) is 0 Å². The summed E-state index contributed by atoms with van der Waals surface area (Å²) in [5.74, 6) is -1.06. The zero-order chi connectivity index (χ0) is 13.2. The Bertz CT molecular complexity index is 466. The fraction of sp³-hybridized carbons (Fsp3) is 0.600. The molecule has 0 unspecified atom stereocenters. The van der Waals surface area contributed by atoms with Gasteiger partial charge in [0, 0.05) is 6.54 Å². The molecule has 2 rings (SSSR count). The van der Waals surface area contributed by atoms with E-state index in [1.54, 1.807) is 0 Å². The molecule has 0 spiro atoms. The summed E-state index contributed by atoms with van der Waals surface area (Å²) in [5, 5.41) is 18.7. The van der Waals surface area contributed by atoms with Gasteiger partial charge >= 0.3 is 5.97 Å². The second-order valence-corrected chi connectivity index (χ2v) is 4.47. The summed E-state index contributed by atoms with van der Waals surface area (Å²) in [6.07, 6.45) is 3.14. The van der Waals surface area contributed by atoms with Crippen LogP contribution in [-0.2, 0) is 22.7 Å². The Kier molecular flexibility index (Phi) is 3.28. The van der Waals surface area contributed by atoms with Crippen LogP contribution in [0.4, 0.5) is 0 Å². The molecule has 4 N–H and O–H groups in total. The molecule has 0 bridgehead atoms. The van der Waals surface area contributed by atoms with Gasteiger partial charge in [0.05, 0.1) is 18.2 Å². The van der Waals surface area contributed by atoms with E-state index < -0.39 is 11.4 Å². The minimum atomic E-state index is -0.990. The minimum Gasteiger partial charge on any atom is -0.480 e. The number of amides is 1. The van der Waals surface area contributed by atoms with Crippen LogP contribution in [0.1, 0.15) is 18.5 Å². The van der Waals surface area contributed by atoms with E-state index in [1.165, 1.54) is 10.9 Å². The van der Waals surface area contributed by atoms with Crippen molar-refractivity contribution in [1.29, 1.82) is 0 Å². The Balaban J connectivity index is 1.85. The second-order valence-electron chi connectivity index (χ2n) is 4.47. The fourth-order valence-corrected chi connectivity index (χ4v) is 1.67. The van der Waals surface area contributed by atoms with E-state index in [0.717, 1.165) is 12.8 Å². The first-order valence-electron chi connectivity index (χ1n) is 5.65. The lowest BCUT2D eigenvalue weighted by Gasteiger charge is -2.11. The number of hydrogen-bond acceptors (Lipinski definition) is 5. The standard InChI is InChI=1S/C10H15N5O3/c11-6-10(1-2-10)9(18)12-3-7-4-15(14-13-7)5-8(16)17/h4H,1-3,5-6,11H2,(H,12,18)(H,16,17). The number of carboxylic acid groups (broad SMARTS) is 1. The highest BCUT2D eigenvalue weighted by Crippen LogP contribution is 2.44. The second kappa shape index (κ2) is 4.73. The Labute approximate surface area is 103 Å². The van der Waals surface area contributed by atoms with E-state index in [4.69, 9.17) is 10.8 Å². The van der Waals surface area contributed by atoms with Crippen molar-refractivity contribution < 1.29 is 14.7 Å². The van der Waals surface area contributed by atoms with Crippen molar-refractivity contribution in [3.8, 4) is 0 Å². The SMILES string of the molecule is NCC1(C(=O)NCc2cn(CC(=O)O)nn2)CC1. The van der Waals surface area contributed by atoms with Crippen LogP contribution < -0.4 is 11.1 Å². The highest BCUT2D eigenvalue weighted by molar-refractivity contribution is 5.85. The number of aromatic nitrogens is 3. The summed E-state index contributed by atoms with van der Waals surface area (Å²) in [7, 11) is 0. The Hall–Kier alpha value is -1.96. The van der Waals surface area contributed by atoms with Crippen LogP contribution in [-0.4, -0.2) is 38.5 Å². The maximum atomic E-state index is 11.8. The number of aliphatic carboxylic acids is 1. The molecular weight excluding hydrogens is 238 g/mol. The van der Waals surface area contributed by atoms with Crippen molar-refractivity contribution in [2.75, 3.05) is 6.54 Å². The predicted molar refractivity (Wildman–Crippen MR) is 60.2 cm³/mol. The van der Waals surface area contributed by atoms with Crippen LogP contribution in [0.15, 0.2) is 6.20 Å². The van der Waals surface area contributed by atoms with Crippen molar-refractivity contribution in [2.24, 2.45) is 11.1 Å². The van der Waals surface area contributed by atoms with Gasteiger partial charge in [0.25, 0.3) is 0 Å². The molecule has 1 amide bonds. The van der Waals surface area contributed by atoms with Gasteiger partial charge in [-0.05, 0) is 12.8 Å². The van der Waals surface area contributed by atoms with Gasteiger partial charge in [0.15, 0.2) is 0 Å². The monoisotopic (exact) mass is 253 g/mol. The molecule has 1 fully saturated rings. The van der Waals surface area contributed by atoms with Crippen LogP contribution in [0.25, 0.3) is 0 Å². The Morgan fingerprint density at radius 3 is 2.83 bits per heavy atom. The number of rotatable bonds is 6. The number of hydrogen-bond donors (Lipinski definition) is 3. The molecule has 0 aliphatic heterocycles. The quantitative estimate of drug-likeness (QED) is 0.580. The average molecular weight is 253 g/mol. The number of nitrogens with two attached hydrogens (primary N) is 1. The van der Waals surface area contributed by atoms with Crippen LogP contribution >= 0.6 is 0 Å². The lowest BCUT2D eigenvalue weighted by molar-refractivity contribution is -0.138. The minimum absolute atomic E-state index is 0.0715. The molecular formula is C10H15N5O3. The van der Waals surface area contributed by atoms with E-state index in [1.807, 2.05) is 0 Å². The zero-order valence-electron chi connectivity index (χ0n) is 9.80. The van der Waals surface area contributed by atoms with Gasteiger partial charge in [-0.25, -0.2) is 4.68 Å². The highest BCUT2D eigenvalue weighted by Gasteiger charge is 2.48. The third-order valence-corrected chi connectivity index (χ3v) is 3.04. The number of carbonyl (C=O) groups is 2.